The van der Waals surface area contributed by atoms with Gasteiger partial charge in [0.2, 0.25) is 5.91 Å². The van der Waals surface area contributed by atoms with Crippen molar-refractivity contribution in [3.8, 4) is 0 Å². The number of rotatable bonds is 9. The predicted molar refractivity (Wildman–Crippen MR) is 137 cm³/mol. The minimum atomic E-state index is -0.750. The number of nitrogens with two attached hydrogens (primary N) is 1. The lowest BCUT2D eigenvalue weighted by molar-refractivity contribution is -0.160. The maximum absolute atomic E-state index is 12.7. The van der Waals surface area contributed by atoms with E-state index in [1.807, 2.05) is 38.3 Å². The van der Waals surface area contributed by atoms with Gasteiger partial charge in [-0.2, -0.15) is 0 Å². The maximum atomic E-state index is 12.7. The number of nitrogens with one attached hydrogen (secondary N) is 3. The van der Waals surface area contributed by atoms with Crippen LogP contribution in [0.15, 0.2) is 23.7 Å². The van der Waals surface area contributed by atoms with Crippen LogP contribution in [0.25, 0.3) is 0 Å². The Bertz CT molecular complexity index is 1020. The highest BCUT2D eigenvalue weighted by atomic mass is 35.5. The molecule has 2 fully saturated rings. The highest BCUT2D eigenvalue weighted by Gasteiger charge is 2.56. The Morgan fingerprint density at radius 3 is 2.76 bits per heavy atom. The van der Waals surface area contributed by atoms with Gasteiger partial charge in [0.1, 0.15) is 12.2 Å². The van der Waals surface area contributed by atoms with Crippen LogP contribution in [0.3, 0.4) is 0 Å². The summed E-state index contributed by atoms with van der Waals surface area (Å²) in [6, 6.07) is 3.83. The van der Waals surface area contributed by atoms with Gasteiger partial charge in [-0.05, 0) is 51.1 Å². The fraction of sp³-hybridized carbons (Fsp3) is 0.583. The van der Waals surface area contributed by atoms with Crippen LogP contribution < -0.4 is 21.7 Å². The Morgan fingerprint density at radius 2 is 2.09 bits per heavy atom. The van der Waals surface area contributed by atoms with Crippen molar-refractivity contribution in [1.29, 1.82) is 0 Å². The van der Waals surface area contributed by atoms with Gasteiger partial charge in [0.05, 0.1) is 28.4 Å². The van der Waals surface area contributed by atoms with E-state index in [2.05, 4.69) is 27.9 Å². The van der Waals surface area contributed by atoms with Crippen LogP contribution >= 0.6 is 22.9 Å². The van der Waals surface area contributed by atoms with E-state index in [4.69, 9.17) is 26.8 Å². The Hall–Kier alpha value is -2.07. The summed E-state index contributed by atoms with van der Waals surface area (Å²) >= 11 is 7.96. The molecule has 1 saturated heterocycles. The molecule has 1 aliphatic heterocycles. The lowest BCUT2D eigenvalue weighted by atomic mass is 10.0. The third kappa shape index (κ3) is 5.27. The van der Waals surface area contributed by atoms with Gasteiger partial charge in [-0.3, -0.25) is 4.79 Å². The first kappa shape index (κ1) is 25.0. The number of carbonyl (C=O) groups is 1. The molecule has 2 aromatic rings. The molecule has 0 unspecified atom stereocenters. The molecule has 2 aromatic heterocycles. The molecule has 2 aliphatic rings. The number of aromatic nitrogens is 1. The van der Waals surface area contributed by atoms with Gasteiger partial charge in [0.25, 0.3) is 0 Å². The van der Waals surface area contributed by atoms with Crippen molar-refractivity contribution in [1.82, 2.24) is 10.3 Å². The Kier molecular flexibility index (Phi) is 7.57. The van der Waals surface area contributed by atoms with Crippen molar-refractivity contribution in [2.75, 3.05) is 22.9 Å². The van der Waals surface area contributed by atoms with Crippen molar-refractivity contribution in [3.63, 3.8) is 0 Å². The maximum Gasteiger partial charge on any atom is 0.225 e. The molecule has 3 heterocycles. The molecule has 4 rings (SSSR count). The molecule has 1 saturated carbocycles. The minimum Gasteiger partial charge on any atom is -0.394 e. The molecule has 0 radical (unpaired) electrons. The first-order valence-electron chi connectivity index (χ1n) is 11.8. The molecule has 8 nitrogen and oxygen atoms in total. The zero-order valence-electron chi connectivity index (χ0n) is 20.1. The van der Waals surface area contributed by atoms with Gasteiger partial charge >= 0.3 is 0 Å². The van der Waals surface area contributed by atoms with Crippen LogP contribution in [0.1, 0.15) is 45.4 Å². The van der Waals surface area contributed by atoms with Gasteiger partial charge in [-0.15, -0.1) is 11.3 Å². The van der Waals surface area contributed by atoms with Crippen molar-refractivity contribution < 1.29 is 14.3 Å². The fourth-order valence-corrected chi connectivity index (χ4v) is 5.98. The number of nitrogens with zero attached hydrogens (tertiary/aromatic N) is 1. The monoisotopic (exact) mass is 507 g/mol. The molecule has 186 valence electrons. The zero-order valence-corrected chi connectivity index (χ0v) is 21.6. The van der Waals surface area contributed by atoms with E-state index in [-0.39, 0.29) is 36.1 Å². The van der Waals surface area contributed by atoms with Crippen molar-refractivity contribution in [2.24, 2.45) is 5.92 Å². The summed E-state index contributed by atoms with van der Waals surface area (Å²) in [4.78, 5) is 18.3. The summed E-state index contributed by atoms with van der Waals surface area (Å²) < 4.78 is 12.3. The second kappa shape index (κ2) is 10.3. The first-order valence-corrected chi connectivity index (χ1v) is 13.1. The van der Waals surface area contributed by atoms with Crippen molar-refractivity contribution in [3.05, 3.63) is 33.6 Å². The van der Waals surface area contributed by atoms with E-state index < -0.39 is 5.79 Å². The molecule has 5 atom stereocenters. The Balaban J connectivity index is 1.50. The molecule has 34 heavy (non-hydrogen) atoms. The summed E-state index contributed by atoms with van der Waals surface area (Å²) in [6.45, 7) is 8.37. The lowest BCUT2D eigenvalue weighted by Gasteiger charge is -2.25. The van der Waals surface area contributed by atoms with Crippen LogP contribution in [0.2, 0.25) is 5.02 Å². The zero-order chi connectivity index (χ0) is 24.5. The minimum absolute atomic E-state index is 0.0162. The molecule has 0 bridgehead atoms. The van der Waals surface area contributed by atoms with Gasteiger partial charge in [0, 0.05) is 30.1 Å². The highest BCUT2D eigenvalue weighted by Crippen LogP contribution is 2.43. The van der Waals surface area contributed by atoms with E-state index in [9.17, 15) is 4.79 Å². The average Bonchev–Trinajstić information content (AvgIpc) is 3.43. The largest absolute Gasteiger partial charge is 0.394 e. The summed E-state index contributed by atoms with van der Waals surface area (Å²) in [5.74, 6) is -0.493. The van der Waals surface area contributed by atoms with E-state index in [0.717, 1.165) is 28.4 Å². The van der Waals surface area contributed by atoms with Gasteiger partial charge < -0.3 is 31.2 Å². The molecular formula is C24H34ClN5O3S. The third-order valence-electron chi connectivity index (χ3n) is 6.44. The van der Waals surface area contributed by atoms with Crippen LogP contribution in [0.4, 0.5) is 17.2 Å². The smallest absolute Gasteiger partial charge is 0.225 e. The number of anilines is 3. The number of nitrogen functional groups attached to an aromatic ring is 1. The van der Waals surface area contributed by atoms with Gasteiger partial charge in [-0.25, -0.2) is 4.98 Å². The number of thiophene rings is 1. The normalized spacial score (nSPS) is 26.1. The van der Waals surface area contributed by atoms with Gasteiger partial charge in [-0.1, -0.05) is 18.5 Å². The number of hydrogen-bond acceptors (Lipinski definition) is 8. The highest BCUT2D eigenvalue weighted by molar-refractivity contribution is 7.10. The van der Waals surface area contributed by atoms with Crippen LogP contribution in [-0.2, 0) is 20.7 Å². The number of halogens is 1. The number of amides is 1. The second-order valence-corrected chi connectivity index (χ2v) is 10.7. The van der Waals surface area contributed by atoms with Crippen LogP contribution in [0.5, 0.6) is 0 Å². The number of pyridine rings is 1. The average molecular weight is 508 g/mol. The summed E-state index contributed by atoms with van der Waals surface area (Å²) in [5.41, 5.74) is 7.89. The molecule has 1 aliphatic carbocycles. The molecule has 1 amide bonds. The fourth-order valence-electron chi connectivity index (χ4n) is 4.79. The topological polar surface area (TPSA) is 111 Å². The summed E-state index contributed by atoms with van der Waals surface area (Å²) in [5, 5.41) is 12.7. The Morgan fingerprint density at radius 1 is 1.32 bits per heavy atom. The van der Waals surface area contributed by atoms with Crippen LogP contribution in [-0.4, -0.2) is 47.5 Å². The second-order valence-electron chi connectivity index (χ2n) is 9.32. The third-order valence-corrected chi connectivity index (χ3v) is 7.85. The van der Waals surface area contributed by atoms with Crippen LogP contribution in [0, 0.1) is 5.92 Å². The molecule has 0 aromatic carbocycles. The molecule has 10 heteroatoms. The molecule has 5 N–H and O–H groups in total. The molecule has 0 spiro atoms. The number of hydrogen-bond donors (Lipinski definition) is 4. The van der Waals surface area contributed by atoms with E-state index in [0.29, 0.717) is 24.5 Å². The van der Waals surface area contributed by atoms with E-state index in [1.165, 1.54) is 0 Å². The standard InChI is InChI=1S/C24H34ClN5O3S/c1-5-13(11-18-15(25)8-10-34-18)29-16-7-9-28-22(19(16)26)30-17-12-14(23(31)27-6-2)20-21(17)33-24(3,4)32-20/h7-10,13-14,17,20-21H,5-6,11-12,26H2,1-4H3,(H,27,31)(H2,28,29,30)/t13-,14+,17-,20-,21+/m1/s1. The number of fused-ring (bicyclic) bond motifs is 1. The predicted octanol–water partition coefficient (Wildman–Crippen LogP) is 4.27. The Labute approximate surface area is 209 Å². The number of carbonyl (C=O) groups excluding carboxylic acids is 1. The number of ether oxygens (including phenoxy) is 2. The van der Waals surface area contributed by atoms with Gasteiger partial charge in [0.15, 0.2) is 11.6 Å². The lowest BCUT2D eigenvalue weighted by Crippen LogP contribution is -2.37. The van der Waals surface area contributed by atoms with E-state index >= 15 is 0 Å². The van der Waals surface area contributed by atoms with Crippen molar-refractivity contribution in [2.45, 2.75) is 77.0 Å². The quantitative estimate of drug-likeness (QED) is 0.401. The van der Waals surface area contributed by atoms with E-state index in [1.54, 1.807) is 17.5 Å². The summed E-state index contributed by atoms with van der Waals surface area (Å²) in [7, 11) is 0. The first-order chi connectivity index (χ1) is 16.2. The summed E-state index contributed by atoms with van der Waals surface area (Å²) in [6.07, 6.45) is 3.45. The SMILES string of the molecule is CCNC(=O)[C@H]1C[C@@H](Nc2nccc(N[C@H](CC)Cc3sccc3Cl)c2N)[C@@H]2OC(C)(C)O[C@@H]21. The van der Waals surface area contributed by atoms with Crippen molar-refractivity contribution >= 4 is 46.0 Å². The molecular weight excluding hydrogens is 474 g/mol.